The predicted molar refractivity (Wildman–Crippen MR) is 78.1 cm³/mol. The lowest BCUT2D eigenvalue weighted by Crippen LogP contribution is -2.33. The van der Waals surface area contributed by atoms with Crippen molar-refractivity contribution < 1.29 is 4.92 Å². The smallest absolute Gasteiger partial charge is 0.353 e. The molecular weight excluding hydrogens is 258 g/mol. The molecule has 1 aromatic heterocycles. The van der Waals surface area contributed by atoms with Crippen LogP contribution in [0.15, 0.2) is 6.33 Å². The monoisotopic (exact) mass is 279 g/mol. The second-order valence-corrected chi connectivity index (χ2v) is 5.02. The van der Waals surface area contributed by atoms with E-state index in [-0.39, 0.29) is 5.69 Å². The van der Waals surface area contributed by atoms with Crippen LogP contribution in [0.4, 0.5) is 17.3 Å². The van der Waals surface area contributed by atoms with E-state index in [2.05, 4.69) is 15.3 Å². The number of nitro groups is 1. The summed E-state index contributed by atoms with van der Waals surface area (Å²) < 4.78 is 0. The van der Waals surface area contributed by atoms with Gasteiger partial charge in [-0.05, 0) is 32.6 Å². The molecule has 0 radical (unpaired) electrons. The van der Waals surface area contributed by atoms with Crippen LogP contribution in [0.1, 0.15) is 33.1 Å². The minimum Gasteiger partial charge on any atom is -0.364 e. The normalized spacial score (nSPS) is 14.7. The molecule has 0 unspecified atom stereocenters. The molecule has 0 aromatic carbocycles. The third-order valence-corrected chi connectivity index (χ3v) is 3.71. The summed E-state index contributed by atoms with van der Waals surface area (Å²) in [5.74, 6) is 1.36. The second-order valence-electron chi connectivity index (χ2n) is 5.02. The van der Waals surface area contributed by atoms with Gasteiger partial charge in [0.1, 0.15) is 6.33 Å². The van der Waals surface area contributed by atoms with E-state index in [4.69, 9.17) is 0 Å². The fourth-order valence-electron chi connectivity index (χ4n) is 2.42. The van der Waals surface area contributed by atoms with E-state index in [1.165, 1.54) is 25.6 Å². The van der Waals surface area contributed by atoms with Crippen molar-refractivity contribution in [1.29, 1.82) is 0 Å². The molecule has 0 amide bonds. The molecule has 0 atom stereocenters. The van der Waals surface area contributed by atoms with Crippen LogP contribution in [-0.2, 0) is 0 Å². The Labute approximate surface area is 118 Å². The van der Waals surface area contributed by atoms with Crippen molar-refractivity contribution in [3.8, 4) is 0 Å². The molecule has 1 fully saturated rings. The average Bonchev–Trinajstić information content (AvgIpc) is 2.37. The minimum atomic E-state index is -0.392. The molecular formula is C13H21N5O2. The average molecular weight is 279 g/mol. The molecule has 1 aliphatic rings. The van der Waals surface area contributed by atoms with Gasteiger partial charge in [0.2, 0.25) is 11.6 Å². The molecule has 0 spiro atoms. The zero-order valence-electron chi connectivity index (χ0n) is 12.0. The third kappa shape index (κ3) is 2.97. The topological polar surface area (TPSA) is 84.2 Å². The number of hydrogen-bond acceptors (Lipinski definition) is 6. The van der Waals surface area contributed by atoms with Crippen molar-refractivity contribution in [2.45, 2.75) is 33.1 Å². The summed E-state index contributed by atoms with van der Waals surface area (Å²) in [5.41, 5.74) is -0.0180. The summed E-state index contributed by atoms with van der Waals surface area (Å²) in [4.78, 5) is 21.1. The largest absolute Gasteiger partial charge is 0.364 e. The standard InChI is InChI=1S/C13H21N5O2/c1-3-14-12-11(18(19)20)13(16-9-15-12)17(4-2)8-10-6-5-7-10/h9-10H,3-8H2,1-2H3,(H,14,15,16). The van der Waals surface area contributed by atoms with Crippen LogP contribution in [-0.4, -0.2) is 34.5 Å². The highest BCUT2D eigenvalue weighted by Crippen LogP contribution is 2.34. The lowest BCUT2D eigenvalue weighted by atomic mass is 9.85. The number of anilines is 2. The summed E-state index contributed by atoms with van der Waals surface area (Å²) in [6.45, 7) is 6.01. The van der Waals surface area contributed by atoms with Crippen molar-refractivity contribution in [3.63, 3.8) is 0 Å². The fourth-order valence-corrected chi connectivity index (χ4v) is 2.42. The van der Waals surface area contributed by atoms with E-state index in [0.29, 0.717) is 30.6 Å². The van der Waals surface area contributed by atoms with Gasteiger partial charge in [0.25, 0.3) is 0 Å². The molecule has 2 rings (SSSR count). The third-order valence-electron chi connectivity index (χ3n) is 3.71. The molecule has 110 valence electrons. The van der Waals surface area contributed by atoms with E-state index in [0.717, 1.165) is 6.54 Å². The van der Waals surface area contributed by atoms with Crippen molar-refractivity contribution in [3.05, 3.63) is 16.4 Å². The molecule has 1 aromatic rings. The van der Waals surface area contributed by atoms with Gasteiger partial charge in [0, 0.05) is 19.6 Å². The maximum atomic E-state index is 11.4. The zero-order valence-corrected chi connectivity index (χ0v) is 12.0. The first-order valence-electron chi connectivity index (χ1n) is 7.15. The van der Waals surface area contributed by atoms with Gasteiger partial charge < -0.3 is 10.2 Å². The SMILES string of the molecule is CCNc1ncnc(N(CC)CC2CCC2)c1[N+](=O)[O-]. The Bertz CT molecular complexity index is 476. The highest BCUT2D eigenvalue weighted by molar-refractivity contribution is 5.70. The highest BCUT2D eigenvalue weighted by atomic mass is 16.6. The summed E-state index contributed by atoms with van der Waals surface area (Å²) in [7, 11) is 0. The van der Waals surface area contributed by atoms with Crippen LogP contribution < -0.4 is 10.2 Å². The Balaban J connectivity index is 2.31. The van der Waals surface area contributed by atoms with Crippen LogP contribution in [0, 0.1) is 16.0 Å². The quantitative estimate of drug-likeness (QED) is 0.609. The molecule has 20 heavy (non-hydrogen) atoms. The number of nitrogens with one attached hydrogen (secondary N) is 1. The van der Waals surface area contributed by atoms with E-state index >= 15 is 0 Å². The lowest BCUT2D eigenvalue weighted by Gasteiger charge is -2.32. The Kier molecular flexibility index (Phi) is 4.70. The molecule has 1 N–H and O–H groups in total. The zero-order chi connectivity index (χ0) is 14.5. The van der Waals surface area contributed by atoms with Gasteiger partial charge in [-0.1, -0.05) is 6.42 Å². The fraction of sp³-hybridized carbons (Fsp3) is 0.692. The lowest BCUT2D eigenvalue weighted by molar-refractivity contribution is -0.383. The number of nitrogens with zero attached hydrogens (tertiary/aromatic N) is 4. The highest BCUT2D eigenvalue weighted by Gasteiger charge is 2.28. The first-order valence-corrected chi connectivity index (χ1v) is 7.15. The van der Waals surface area contributed by atoms with Crippen molar-refractivity contribution in [2.24, 2.45) is 5.92 Å². The molecule has 0 aliphatic heterocycles. The Morgan fingerprint density at radius 1 is 1.45 bits per heavy atom. The maximum Gasteiger partial charge on any atom is 0.353 e. The second kappa shape index (κ2) is 6.49. The van der Waals surface area contributed by atoms with Crippen molar-refractivity contribution in [1.82, 2.24) is 9.97 Å². The Morgan fingerprint density at radius 2 is 2.20 bits per heavy atom. The van der Waals surface area contributed by atoms with Gasteiger partial charge in [-0.3, -0.25) is 10.1 Å². The summed E-state index contributed by atoms with van der Waals surface area (Å²) in [6, 6.07) is 0. The van der Waals surface area contributed by atoms with Crippen LogP contribution in [0.2, 0.25) is 0 Å². The van der Waals surface area contributed by atoms with Crippen LogP contribution in [0.25, 0.3) is 0 Å². The van der Waals surface area contributed by atoms with Crippen LogP contribution in [0.5, 0.6) is 0 Å². The Morgan fingerprint density at radius 3 is 2.70 bits per heavy atom. The summed E-state index contributed by atoms with van der Waals surface area (Å²) >= 11 is 0. The molecule has 1 heterocycles. The van der Waals surface area contributed by atoms with Crippen molar-refractivity contribution in [2.75, 3.05) is 29.9 Å². The summed E-state index contributed by atoms with van der Waals surface area (Å²) in [5, 5.41) is 14.3. The maximum absolute atomic E-state index is 11.4. The molecule has 7 nitrogen and oxygen atoms in total. The molecule has 1 aliphatic carbocycles. The number of rotatable bonds is 7. The van der Waals surface area contributed by atoms with E-state index in [9.17, 15) is 10.1 Å². The van der Waals surface area contributed by atoms with Gasteiger partial charge in [0.15, 0.2) is 0 Å². The molecule has 0 saturated heterocycles. The molecule has 7 heteroatoms. The van der Waals surface area contributed by atoms with Gasteiger partial charge in [-0.25, -0.2) is 9.97 Å². The first-order chi connectivity index (χ1) is 9.67. The van der Waals surface area contributed by atoms with Crippen LogP contribution >= 0.6 is 0 Å². The van der Waals surface area contributed by atoms with Crippen molar-refractivity contribution >= 4 is 17.3 Å². The predicted octanol–water partition coefficient (Wildman–Crippen LogP) is 2.44. The van der Waals surface area contributed by atoms with Gasteiger partial charge >= 0.3 is 5.69 Å². The van der Waals surface area contributed by atoms with E-state index < -0.39 is 4.92 Å². The Hall–Kier alpha value is -1.92. The van der Waals surface area contributed by atoms with E-state index in [1.807, 2.05) is 18.7 Å². The van der Waals surface area contributed by atoms with E-state index in [1.54, 1.807) is 0 Å². The van der Waals surface area contributed by atoms with Crippen LogP contribution in [0.3, 0.4) is 0 Å². The number of hydrogen-bond donors (Lipinski definition) is 1. The first kappa shape index (κ1) is 14.5. The summed E-state index contributed by atoms with van der Waals surface area (Å²) in [6.07, 6.45) is 5.06. The van der Waals surface area contributed by atoms with Gasteiger partial charge in [0.05, 0.1) is 4.92 Å². The number of aromatic nitrogens is 2. The molecule has 1 saturated carbocycles. The van der Waals surface area contributed by atoms with Gasteiger partial charge in [-0.2, -0.15) is 0 Å². The minimum absolute atomic E-state index is 0.0180. The van der Waals surface area contributed by atoms with Gasteiger partial charge in [-0.15, -0.1) is 0 Å². The molecule has 0 bridgehead atoms.